The monoisotopic (exact) mass is 349 g/mol. The maximum Gasteiger partial charge on any atom is 0.411 e. The van der Waals surface area contributed by atoms with Crippen molar-refractivity contribution >= 4 is 12.1 Å². The lowest BCUT2D eigenvalue weighted by atomic mass is 9.78. The lowest BCUT2D eigenvalue weighted by Crippen LogP contribution is -2.62. The zero-order valence-corrected chi connectivity index (χ0v) is 15.1. The molecule has 1 N–H and O–H groups in total. The molecular weight excluding hydrogens is 322 g/mol. The Morgan fingerprint density at radius 3 is 2.56 bits per heavy atom. The Bertz CT molecular complexity index is 589. The summed E-state index contributed by atoms with van der Waals surface area (Å²) in [7, 11) is 1.58. The summed E-state index contributed by atoms with van der Waals surface area (Å²) in [4.78, 5) is 26.3. The van der Waals surface area contributed by atoms with E-state index in [1.807, 2.05) is 44.2 Å². The summed E-state index contributed by atoms with van der Waals surface area (Å²) in [6.07, 6.45) is 1.40. The van der Waals surface area contributed by atoms with Gasteiger partial charge in [0.1, 0.15) is 12.1 Å². The quantitative estimate of drug-likeness (QED) is 0.851. The lowest BCUT2D eigenvalue weighted by molar-refractivity contribution is -0.158. The molecule has 0 aromatic heterocycles. The van der Waals surface area contributed by atoms with Crippen molar-refractivity contribution in [1.29, 1.82) is 0 Å². The Labute approximate surface area is 148 Å². The summed E-state index contributed by atoms with van der Waals surface area (Å²) in [5, 5.41) is 9.95. The molecule has 25 heavy (non-hydrogen) atoms. The van der Waals surface area contributed by atoms with Gasteiger partial charge in [-0.2, -0.15) is 0 Å². The van der Waals surface area contributed by atoms with Crippen LogP contribution in [0, 0.1) is 0 Å². The fourth-order valence-electron chi connectivity index (χ4n) is 3.59. The van der Waals surface area contributed by atoms with E-state index in [4.69, 9.17) is 9.47 Å². The van der Waals surface area contributed by atoms with Gasteiger partial charge in [-0.1, -0.05) is 30.3 Å². The number of carboxylic acids is 1. The van der Waals surface area contributed by atoms with Gasteiger partial charge in [0.15, 0.2) is 0 Å². The second kappa shape index (κ2) is 8.34. The third-order valence-corrected chi connectivity index (χ3v) is 4.79. The summed E-state index contributed by atoms with van der Waals surface area (Å²) < 4.78 is 10.8. The Kier molecular flexibility index (Phi) is 6.42. The van der Waals surface area contributed by atoms with Crippen molar-refractivity contribution in [3.8, 4) is 0 Å². The molecule has 2 atom stereocenters. The van der Waals surface area contributed by atoms with Crippen molar-refractivity contribution in [3.05, 3.63) is 35.9 Å². The second-order valence-electron chi connectivity index (χ2n) is 6.79. The summed E-state index contributed by atoms with van der Waals surface area (Å²) in [6, 6.07) is 9.05. The number of carbonyl (C=O) groups excluding carboxylic acids is 1. The number of amides is 1. The first-order valence-electron chi connectivity index (χ1n) is 8.67. The van der Waals surface area contributed by atoms with Crippen LogP contribution >= 0.6 is 0 Å². The van der Waals surface area contributed by atoms with E-state index in [2.05, 4.69) is 0 Å². The number of carboxylic acid groups (broad SMARTS) is 1. The zero-order valence-electron chi connectivity index (χ0n) is 15.1. The van der Waals surface area contributed by atoms with E-state index in [9.17, 15) is 14.7 Å². The Morgan fingerprint density at radius 1 is 1.32 bits per heavy atom. The van der Waals surface area contributed by atoms with Crippen molar-refractivity contribution in [1.82, 2.24) is 4.90 Å². The van der Waals surface area contributed by atoms with Gasteiger partial charge in [0, 0.05) is 19.6 Å². The maximum atomic E-state index is 12.8. The molecule has 2 rings (SSSR count). The molecule has 0 aliphatic heterocycles. The Balaban J connectivity index is 2.21. The fraction of sp³-hybridized carbons (Fsp3) is 0.579. The van der Waals surface area contributed by atoms with Crippen LogP contribution in [-0.2, 0) is 20.9 Å². The van der Waals surface area contributed by atoms with Crippen molar-refractivity contribution < 1.29 is 24.2 Å². The topological polar surface area (TPSA) is 76.1 Å². The van der Waals surface area contributed by atoms with Gasteiger partial charge in [0.25, 0.3) is 0 Å². The van der Waals surface area contributed by atoms with Gasteiger partial charge in [-0.05, 0) is 38.7 Å². The van der Waals surface area contributed by atoms with Crippen LogP contribution in [0.2, 0.25) is 0 Å². The minimum atomic E-state index is -1.29. The highest BCUT2D eigenvalue weighted by Crippen LogP contribution is 2.37. The van der Waals surface area contributed by atoms with Crippen LogP contribution in [0.25, 0.3) is 0 Å². The molecule has 1 saturated carbocycles. The fourth-order valence-corrected chi connectivity index (χ4v) is 3.59. The number of hydrogen-bond acceptors (Lipinski definition) is 4. The highest BCUT2D eigenvalue weighted by Gasteiger charge is 2.51. The number of benzene rings is 1. The Morgan fingerprint density at radius 2 is 2.00 bits per heavy atom. The normalized spacial score (nSPS) is 23.3. The van der Waals surface area contributed by atoms with Gasteiger partial charge in [-0.3, -0.25) is 4.90 Å². The minimum Gasteiger partial charge on any atom is -0.479 e. The van der Waals surface area contributed by atoms with Crippen molar-refractivity contribution in [2.24, 2.45) is 0 Å². The van der Waals surface area contributed by atoms with Crippen LogP contribution in [-0.4, -0.2) is 46.9 Å². The van der Waals surface area contributed by atoms with E-state index in [0.29, 0.717) is 12.8 Å². The first kappa shape index (κ1) is 19.2. The molecule has 6 heteroatoms. The van der Waals surface area contributed by atoms with Crippen molar-refractivity contribution in [2.75, 3.05) is 7.11 Å². The van der Waals surface area contributed by atoms with Gasteiger partial charge in [0.05, 0.1) is 6.10 Å². The van der Waals surface area contributed by atoms with Crippen LogP contribution in [0.3, 0.4) is 0 Å². The minimum absolute atomic E-state index is 0.117. The summed E-state index contributed by atoms with van der Waals surface area (Å²) in [6.45, 7) is 3.74. The predicted octanol–water partition coefficient (Wildman–Crippen LogP) is 3.45. The highest BCUT2D eigenvalue weighted by molar-refractivity contribution is 5.85. The van der Waals surface area contributed by atoms with E-state index >= 15 is 0 Å². The molecule has 0 spiro atoms. The second-order valence-corrected chi connectivity index (χ2v) is 6.79. The number of ether oxygens (including phenoxy) is 2. The largest absolute Gasteiger partial charge is 0.479 e. The molecule has 1 aliphatic rings. The molecule has 2 unspecified atom stereocenters. The number of aliphatic carboxylic acids is 1. The molecular formula is C19H27NO5. The molecule has 0 radical (unpaired) electrons. The molecule has 1 fully saturated rings. The van der Waals surface area contributed by atoms with E-state index in [1.54, 1.807) is 7.11 Å². The molecule has 138 valence electrons. The third kappa shape index (κ3) is 4.31. The molecule has 6 nitrogen and oxygen atoms in total. The van der Waals surface area contributed by atoms with Crippen molar-refractivity contribution in [2.45, 2.75) is 63.8 Å². The smallest absolute Gasteiger partial charge is 0.411 e. The van der Waals surface area contributed by atoms with Crippen LogP contribution in [0.1, 0.15) is 45.1 Å². The van der Waals surface area contributed by atoms with E-state index in [-0.39, 0.29) is 25.2 Å². The van der Waals surface area contributed by atoms with E-state index < -0.39 is 17.6 Å². The average molecular weight is 349 g/mol. The zero-order chi connectivity index (χ0) is 18.4. The predicted molar refractivity (Wildman–Crippen MR) is 93.2 cm³/mol. The standard InChI is InChI=1S/C19H27NO5/c1-14(2)20(18(23)25-13-15-8-5-4-6-9-15)19(17(21)22)11-7-10-16(12-19)24-3/h4-6,8-9,14,16H,7,10-13H2,1-3H3,(H,21,22). The number of carbonyl (C=O) groups is 2. The molecule has 0 heterocycles. The number of hydrogen-bond donors (Lipinski definition) is 1. The van der Waals surface area contributed by atoms with Gasteiger partial charge in [-0.25, -0.2) is 9.59 Å². The molecule has 1 aromatic carbocycles. The first-order chi connectivity index (χ1) is 11.9. The van der Waals surface area contributed by atoms with Gasteiger partial charge < -0.3 is 14.6 Å². The Hall–Kier alpha value is -2.08. The first-order valence-corrected chi connectivity index (χ1v) is 8.67. The van der Waals surface area contributed by atoms with Crippen LogP contribution in [0.4, 0.5) is 4.79 Å². The highest BCUT2D eigenvalue weighted by atomic mass is 16.6. The van der Waals surface area contributed by atoms with Crippen LogP contribution in [0.5, 0.6) is 0 Å². The summed E-state index contributed by atoms with van der Waals surface area (Å²) in [5.41, 5.74) is -0.428. The average Bonchev–Trinajstić information content (AvgIpc) is 2.60. The summed E-state index contributed by atoms with van der Waals surface area (Å²) in [5.74, 6) is -1.00. The molecule has 0 saturated heterocycles. The van der Waals surface area contributed by atoms with E-state index in [0.717, 1.165) is 12.0 Å². The van der Waals surface area contributed by atoms with Crippen molar-refractivity contribution in [3.63, 3.8) is 0 Å². The summed E-state index contributed by atoms with van der Waals surface area (Å²) >= 11 is 0. The number of nitrogens with zero attached hydrogens (tertiary/aromatic N) is 1. The van der Waals surface area contributed by atoms with Crippen LogP contribution in [0.15, 0.2) is 30.3 Å². The number of methoxy groups -OCH3 is 1. The third-order valence-electron chi connectivity index (χ3n) is 4.79. The molecule has 1 amide bonds. The molecule has 1 aromatic rings. The number of rotatable bonds is 6. The van der Waals surface area contributed by atoms with E-state index in [1.165, 1.54) is 4.90 Å². The van der Waals surface area contributed by atoms with Crippen LogP contribution < -0.4 is 0 Å². The van der Waals surface area contributed by atoms with Gasteiger partial charge in [0.2, 0.25) is 0 Å². The van der Waals surface area contributed by atoms with Gasteiger partial charge in [-0.15, -0.1) is 0 Å². The molecule has 0 bridgehead atoms. The maximum absolute atomic E-state index is 12.8. The molecule has 1 aliphatic carbocycles. The lowest BCUT2D eigenvalue weighted by Gasteiger charge is -2.46. The van der Waals surface area contributed by atoms with Gasteiger partial charge >= 0.3 is 12.1 Å². The SMILES string of the molecule is COC1CCCC(C(=O)O)(N(C(=O)OCc2ccccc2)C(C)C)C1.